The van der Waals surface area contributed by atoms with Crippen molar-refractivity contribution in [2.45, 2.75) is 68.6 Å². The number of aryl methyl sites for hydroxylation is 1. The highest BCUT2D eigenvalue weighted by Crippen LogP contribution is 2.25. The SMILES string of the molecule is C/C=C\C=C/CC=C[S+](c1ccccc1)c1ccc(CCCCCCC)cc1. The highest BCUT2D eigenvalue weighted by molar-refractivity contribution is 7.99. The van der Waals surface area contributed by atoms with E-state index in [-0.39, 0.29) is 10.9 Å². The summed E-state index contributed by atoms with van der Waals surface area (Å²) >= 11 is 0. The van der Waals surface area contributed by atoms with Crippen molar-refractivity contribution in [3.8, 4) is 0 Å². The van der Waals surface area contributed by atoms with Gasteiger partial charge in [0.25, 0.3) is 0 Å². The third-order valence-electron chi connectivity index (χ3n) is 4.69. The molecule has 0 amide bonds. The van der Waals surface area contributed by atoms with E-state index in [1.54, 1.807) is 0 Å². The van der Waals surface area contributed by atoms with E-state index in [4.69, 9.17) is 0 Å². The first-order valence-corrected chi connectivity index (χ1v) is 12.0. The lowest BCUT2D eigenvalue weighted by Gasteiger charge is -2.05. The molecule has 0 heterocycles. The van der Waals surface area contributed by atoms with E-state index in [1.165, 1.54) is 53.9 Å². The van der Waals surface area contributed by atoms with E-state index in [0.29, 0.717) is 0 Å². The Labute approximate surface area is 175 Å². The molecule has 0 bridgehead atoms. The molecule has 0 spiro atoms. The molecule has 148 valence electrons. The molecule has 0 radical (unpaired) electrons. The number of hydrogen-bond donors (Lipinski definition) is 0. The van der Waals surface area contributed by atoms with E-state index in [0.717, 1.165) is 6.42 Å². The average molecular weight is 392 g/mol. The Morgan fingerprint density at radius 2 is 1.46 bits per heavy atom. The van der Waals surface area contributed by atoms with Crippen LogP contribution in [0, 0.1) is 0 Å². The van der Waals surface area contributed by atoms with Crippen LogP contribution in [0.2, 0.25) is 0 Å². The summed E-state index contributed by atoms with van der Waals surface area (Å²) in [5, 5.41) is 2.37. The molecule has 0 aliphatic heterocycles. The zero-order chi connectivity index (χ0) is 19.9. The number of unbranched alkanes of at least 4 members (excludes halogenated alkanes) is 4. The number of allylic oxidation sites excluding steroid dienone is 5. The van der Waals surface area contributed by atoms with Gasteiger partial charge in [-0.3, -0.25) is 0 Å². The van der Waals surface area contributed by atoms with Crippen LogP contribution in [0.1, 0.15) is 57.9 Å². The Balaban J connectivity index is 2.03. The molecule has 0 aliphatic carbocycles. The smallest absolute Gasteiger partial charge is 0.0877 e. The highest BCUT2D eigenvalue weighted by atomic mass is 32.2. The van der Waals surface area contributed by atoms with Crippen molar-refractivity contribution in [2.24, 2.45) is 0 Å². The first kappa shape index (κ1) is 22.3. The Morgan fingerprint density at radius 1 is 0.750 bits per heavy atom. The topological polar surface area (TPSA) is 0 Å². The third-order valence-corrected chi connectivity index (χ3v) is 6.71. The van der Waals surface area contributed by atoms with Crippen LogP contribution >= 0.6 is 0 Å². The van der Waals surface area contributed by atoms with E-state index in [1.807, 2.05) is 6.92 Å². The number of hydrogen-bond acceptors (Lipinski definition) is 0. The van der Waals surface area contributed by atoms with Crippen LogP contribution in [0.5, 0.6) is 0 Å². The minimum atomic E-state index is -0.00921. The summed E-state index contributed by atoms with van der Waals surface area (Å²) in [7, 11) is -0.00921. The van der Waals surface area contributed by atoms with Crippen LogP contribution in [0.15, 0.2) is 100 Å². The molecule has 0 aliphatic rings. The van der Waals surface area contributed by atoms with Crippen molar-refractivity contribution in [3.63, 3.8) is 0 Å². The van der Waals surface area contributed by atoms with Gasteiger partial charge in [0.2, 0.25) is 0 Å². The zero-order valence-corrected chi connectivity index (χ0v) is 18.3. The van der Waals surface area contributed by atoms with Gasteiger partial charge in [-0.05, 0) is 62.1 Å². The Bertz CT molecular complexity index is 723. The minimum absolute atomic E-state index is 0.00921. The van der Waals surface area contributed by atoms with E-state index >= 15 is 0 Å². The van der Waals surface area contributed by atoms with Crippen LogP contribution in [0.3, 0.4) is 0 Å². The summed E-state index contributed by atoms with van der Waals surface area (Å²) in [6.45, 7) is 4.32. The molecule has 0 fully saturated rings. The summed E-state index contributed by atoms with van der Waals surface area (Å²) in [5.74, 6) is 0. The quantitative estimate of drug-likeness (QED) is 0.194. The van der Waals surface area contributed by atoms with Crippen molar-refractivity contribution in [1.82, 2.24) is 0 Å². The molecule has 0 nitrogen and oxygen atoms in total. The molecule has 0 saturated heterocycles. The number of benzene rings is 2. The van der Waals surface area contributed by atoms with Crippen molar-refractivity contribution < 1.29 is 0 Å². The largest absolute Gasteiger partial charge is 0.165 e. The first-order valence-electron chi connectivity index (χ1n) is 10.7. The zero-order valence-electron chi connectivity index (χ0n) is 17.5. The van der Waals surface area contributed by atoms with Gasteiger partial charge in [0, 0.05) is 0 Å². The predicted octanol–water partition coefficient (Wildman–Crippen LogP) is 8.27. The highest BCUT2D eigenvalue weighted by Gasteiger charge is 2.21. The van der Waals surface area contributed by atoms with Crippen LogP contribution in [0.4, 0.5) is 0 Å². The van der Waals surface area contributed by atoms with Gasteiger partial charge in [0.05, 0.1) is 10.9 Å². The normalized spacial score (nSPS) is 13.1. The van der Waals surface area contributed by atoms with E-state index in [2.05, 4.69) is 97.3 Å². The molecule has 1 heteroatoms. The minimum Gasteiger partial charge on any atom is -0.0877 e. The van der Waals surface area contributed by atoms with Crippen LogP contribution in [-0.2, 0) is 17.3 Å². The third kappa shape index (κ3) is 8.35. The molecule has 2 aromatic carbocycles. The van der Waals surface area contributed by atoms with Crippen LogP contribution in [0.25, 0.3) is 0 Å². The van der Waals surface area contributed by atoms with E-state index in [9.17, 15) is 0 Å². The lowest BCUT2D eigenvalue weighted by molar-refractivity contribution is 0.632. The van der Waals surface area contributed by atoms with Gasteiger partial charge in [-0.15, -0.1) is 0 Å². The van der Waals surface area contributed by atoms with Crippen LogP contribution in [-0.4, -0.2) is 0 Å². The van der Waals surface area contributed by atoms with Crippen molar-refractivity contribution in [1.29, 1.82) is 0 Å². The van der Waals surface area contributed by atoms with Gasteiger partial charge in [0.1, 0.15) is 5.41 Å². The van der Waals surface area contributed by atoms with Crippen molar-refractivity contribution >= 4 is 10.9 Å². The predicted molar refractivity (Wildman–Crippen MR) is 127 cm³/mol. The fourth-order valence-corrected chi connectivity index (χ4v) is 4.86. The molecule has 2 aromatic rings. The number of rotatable bonds is 12. The molecule has 1 atom stereocenters. The molecule has 28 heavy (non-hydrogen) atoms. The summed E-state index contributed by atoms with van der Waals surface area (Å²) in [6.07, 6.45) is 19.6. The fourth-order valence-electron chi connectivity index (χ4n) is 3.09. The molecule has 0 aromatic heterocycles. The second-order valence-electron chi connectivity index (χ2n) is 7.02. The van der Waals surface area contributed by atoms with Crippen molar-refractivity contribution in [3.05, 3.63) is 95.9 Å². The molecule has 0 N–H and O–H groups in total. The Morgan fingerprint density at radius 3 is 2.18 bits per heavy atom. The van der Waals surface area contributed by atoms with Gasteiger partial charge >= 0.3 is 0 Å². The maximum Gasteiger partial charge on any atom is 0.165 e. The van der Waals surface area contributed by atoms with Crippen LogP contribution < -0.4 is 0 Å². The molecular weight excluding hydrogens is 356 g/mol. The van der Waals surface area contributed by atoms with Gasteiger partial charge in [0.15, 0.2) is 9.79 Å². The standard InChI is InChI=1S/C27H35S/c1-3-5-7-9-11-16-24-28(26-18-14-12-15-19-26)27-22-20-25(21-23-27)17-13-10-8-6-4-2/h3,5,7,9,12,14-16,18-24H,4,6,8,10-11,13,17H2,1-2H3/q+1/b5-3-,9-7-,24-16?. The summed E-state index contributed by atoms with van der Waals surface area (Å²) in [6, 6.07) is 20.2. The summed E-state index contributed by atoms with van der Waals surface area (Å²) in [5.41, 5.74) is 1.47. The molecule has 0 saturated carbocycles. The van der Waals surface area contributed by atoms with Gasteiger partial charge < -0.3 is 0 Å². The maximum absolute atomic E-state index is 2.37. The van der Waals surface area contributed by atoms with Gasteiger partial charge in [-0.1, -0.05) is 87.2 Å². The van der Waals surface area contributed by atoms with Gasteiger partial charge in [-0.2, -0.15) is 0 Å². The molecule has 1 unspecified atom stereocenters. The Hall–Kier alpha value is -1.99. The second kappa shape index (κ2) is 14.1. The summed E-state index contributed by atoms with van der Waals surface area (Å²) < 4.78 is 0. The average Bonchev–Trinajstić information content (AvgIpc) is 2.74. The first-order chi connectivity index (χ1) is 13.8. The second-order valence-corrected chi connectivity index (χ2v) is 8.91. The maximum atomic E-state index is 2.37. The van der Waals surface area contributed by atoms with Crippen molar-refractivity contribution in [2.75, 3.05) is 0 Å². The Kier molecular flexibility index (Phi) is 11.2. The molecular formula is C27H35S+. The fraction of sp³-hybridized carbons (Fsp3) is 0.333. The summed E-state index contributed by atoms with van der Waals surface area (Å²) in [4.78, 5) is 2.78. The lowest BCUT2D eigenvalue weighted by Crippen LogP contribution is -2.00. The molecule has 2 rings (SSSR count). The van der Waals surface area contributed by atoms with Gasteiger partial charge in [-0.25, -0.2) is 0 Å². The monoisotopic (exact) mass is 391 g/mol. The lowest BCUT2D eigenvalue weighted by atomic mass is 10.1. The van der Waals surface area contributed by atoms with E-state index < -0.39 is 0 Å².